The highest BCUT2D eigenvalue weighted by Crippen LogP contribution is 2.31. The van der Waals surface area contributed by atoms with Gasteiger partial charge in [0.05, 0.1) is 0 Å². The molecule has 0 unspecified atom stereocenters. The average Bonchev–Trinajstić information content (AvgIpc) is 1.83. The molecule has 0 atom stereocenters. The molecule has 0 aliphatic heterocycles. The van der Waals surface area contributed by atoms with Gasteiger partial charge in [-0.05, 0) is 0 Å². The zero-order chi connectivity index (χ0) is 8.91. The second-order valence-corrected chi connectivity index (χ2v) is 4.60. The van der Waals surface area contributed by atoms with Crippen molar-refractivity contribution in [2.45, 2.75) is 16.6 Å². The first-order valence-corrected chi connectivity index (χ1v) is 4.16. The summed E-state index contributed by atoms with van der Waals surface area (Å²) < 4.78 is 3.26. The average molecular weight is 219 g/mol. The Labute approximate surface area is 80.7 Å². The van der Waals surface area contributed by atoms with Crippen LogP contribution in [0.25, 0.3) is 0 Å². The van der Waals surface area contributed by atoms with Crippen LogP contribution in [-0.2, 0) is 9.53 Å². The lowest BCUT2D eigenvalue weighted by atomic mass is 10.2. The van der Waals surface area contributed by atoms with E-state index in [9.17, 15) is 4.79 Å². The molecule has 0 aromatic carbocycles. The van der Waals surface area contributed by atoms with Crippen LogP contribution in [0.1, 0.15) is 12.8 Å². The van der Waals surface area contributed by atoms with E-state index < -0.39 is 3.79 Å². The van der Waals surface area contributed by atoms with Gasteiger partial charge in [-0.15, -0.1) is 0 Å². The molecule has 0 amide bonds. The number of carbonyl (C=O) groups excluding carboxylic acids is 1. The molecule has 0 aliphatic carbocycles. The van der Waals surface area contributed by atoms with Crippen molar-refractivity contribution in [2.75, 3.05) is 13.7 Å². The second kappa shape index (κ2) is 5.20. The SMILES string of the molecule is COCC(=O)CCC(Cl)(Cl)Cl. The molecule has 0 saturated carbocycles. The minimum atomic E-state index is -1.33. The maximum atomic E-state index is 10.8. The third-order valence-electron chi connectivity index (χ3n) is 0.993. The van der Waals surface area contributed by atoms with Gasteiger partial charge in [-0.1, -0.05) is 34.8 Å². The lowest BCUT2D eigenvalue weighted by Crippen LogP contribution is -2.11. The standard InChI is InChI=1S/C6H9Cl3O2/c1-11-4-5(10)2-3-6(7,8)9/h2-4H2,1H3. The summed E-state index contributed by atoms with van der Waals surface area (Å²) in [7, 11) is 1.45. The molecule has 0 rings (SSSR count). The molecule has 0 aromatic heterocycles. The van der Waals surface area contributed by atoms with Crippen LogP contribution in [0.3, 0.4) is 0 Å². The summed E-state index contributed by atoms with van der Waals surface area (Å²) in [5, 5.41) is 0. The van der Waals surface area contributed by atoms with Gasteiger partial charge in [-0.25, -0.2) is 0 Å². The number of ketones is 1. The van der Waals surface area contributed by atoms with Gasteiger partial charge in [-0.3, -0.25) is 4.79 Å². The number of hydrogen-bond donors (Lipinski definition) is 0. The zero-order valence-electron chi connectivity index (χ0n) is 6.07. The Morgan fingerprint density at radius 1 is 1.45 bits per heavy atom. The van der Waals surface area contributed by atoms with Crippen LogP contribution in [0.4, 0.5) is 0 Å². The van der Waals surface area contributed by atoms with E-state index in [1.807, 2.05) is 0 Å². The van der Waals surface area contributed by atoms with E-state index in [1.54, 1.807) is 0 Å². The normalized spacial score (nSPS) is 11.6. The predicted octanol–water partition coefficient (Wildman–Crippen LogP) is 2.35. The maximum Gasteiger partial charge on any atom is 0.191 e. The van der Waals surface area contributed by atoms with Crippen molar-refractivity contribution in [1.82, 2.24) is 0 Å². The molecule has 0 fully saturated rings. The van der Waals surface area contributed by atoms with E-state index >= 15 is 0 Å². The Balaban J connectivity index is 3.46. The topological polar surface area (TPSA) is 26.3 Å². The molecule has 66 valence electrons. The minimum absolute atomic E-state index is 0.0566. The highest BCUT2D eigenvalue weighted by Gasteiger charge is 2.20. The lowest BCUT2D eigenvalue weighted by Gasteiger charge is -2.08. The summed E-state index contributed by atoms with van der Waals surface area (Å²) in [6.07, 6.45) is 0.476. The largest absolute Gasteiger partial charge is 0.377 e. The first kappa shape index (κ1) is 11.5. The quantitative estimate of drug-likeness (QED) is 0.679. The Hall–Kier alpha value is 0.500. The van der Waals surface area contributed by atoms with Gasteiger partial charge >= 0.3 is 0 Å². The number of carbonyl (C=O) groups is 1. The highest BCUT2D eigenvalue weighted by atomic mass is 35.6. The van der Waals surface area contributed by atoms with Gasteiger partial charge in [-0.2, -0.15) is 0 Å². The van der Waals surface area contributed by atoms with Crippen molar-refractivity contribution in [2.24, 2.45) is 0 Å². The fourth-order valence-electron chi connectivity index (χ4n) is 0.514. The number of ether oxygens (including phenoxy) is 1. The number of halogens is 3. The van der Waals surface area contributed by atoms with Crippen molar-refractivity contribution in [3.8, 4) is 0 Å². The number of alkyl halides is 3. The molecule has 0 aliphatic rings. The monoisotopic (exact) mass is 218 g/mol. The summed E-state index contributed by atoms with van der Waals surface area (Å²) >= 11 is 16.2. The second-order valence-electron chi connectivity index (χ2n) is 2.09. The van der Waals surface area contributed by atoms with Crippen LogP contribution in [0.15, 0.2) is 0 Å². The van der Waals surface area contributed by atoms with Crippen LogP contribution in [0.5, 0.6) is 0 Å². The summed E-state index contributed by atoms with van der Waals surface area (Å²) in [5.41, 5.74) is 0. The van der Waals surface area contributed by atoms with E-state index in [-0.39, 0.29) is 25.2 Å². The molecule has 0 saturated heterocycles. The number of methoxy groups -OCH3 is 1. The van der Waals surface area contributed by atoms with Gasteiger partial charge in [0.25, 0.3) is 0 Å². The van der Waals surface area contributed by atoms with Crippen molar-refractivity contribution >= 4 is 40.6 Å². The van der Waals surface area contributed by atoms with Crippen LogP contribution >= 0.6 is 34.8 Å². The predicted molar refractivity (Wildman–Crippen MR) is 46.4 cm³/mol. The van der Waals surface area contributed by atoms with Crippen LogP contribution in [-0.4, -0.2) is 23.3 Å². The van der Waals surface area contributed by atoms with Crippen molar-refractivity contribution in [1.29, 1.82) is 0 Å². The molecule has 0 spiro atoms. The summed E-state index contributed by atoms with van der Waals surface area (Å²) in [5.74, 6) is -0.0566. The van der Waals surface area contributed by atoms with Gasteiger partial charge in [0.15, 0.2) is 9.58 Å². The van der Waals surface area contributed by atoms with Crippen LogP contribution in [0, 0.1) is 0 Å². The highest BCUT2D eigenvalue weighted by molar-refractivity contribution is 6.67. The Morgan fingerprint density at radius 3 is 2.36 bits per heavy atom. The summed E-state index contributed by atoms with van der Waals surface area (Å²) in [4.78, 5) is 10.8. The third-order valence-corrected chi connectivity index (χ3v) is 1.56. The smallest absolute Gasteiger partial charge is 0.191 e. The number of hydrogen-bond acceptors (Lipinski definition) is 2. The number of rotatable bonds is 4. The van der Waals surface area contributed by atoms with Gasteiger partial charge in [0.2, 0.25) is 0 Å². The molecule has 0 heterocycles. The zero-order valence-corrected chi connectivity index (χ0v) is 8.34. The van der Waals surface area contributed by atoms with Gasteiger partial charge in [0, 0.05) is 20.0 Å². The first-order valence-electron chi connectivity index (χ1n) is 3.03. The third kappa shape index (κ3) is 8.41. The lowest BCUT2D eigenvalue weighted by molar-refractivity contribution is -0.122. The maximum absolute atomic E-state index is 10.8. The molecular weight excluding hydrogens is 210 g/mol. The molecule has 0 N–H and O–H groups in total. The van der Waals surface area contributed by atoms with Crippen molar-refractivity contribution in [3.05, 3.63) is 0 Å². The van der Waals surface area contributed by atoms with Gasteiger partial charge in [0.1, 0.15) is 6.61 Å². The first-order chi connectivity index (χ1) is 4.95. The van der Waals surface area contributed by atoms with E-state index in [2.05, 4.69) is 4.74 Å². The Morgan fingerprint density at radius 2 is 2.00 bits per heavy atom. The fraction of sp³-hybridized carbons (Fsp3) is 0.833. The fourth-order valence-corrected chi connectivity index (χ4v) is 0.798. The molecule has 0 aromatic rings. The molecule has 0 radical (unpaired) electrons. The van der Waals surface area contributed by atoms with Crippen LogP contribution < -0.4 is 0 Å². The van der Waals surface area contributed by atoms with E-state index in [0.717, 1.165) is 0 Å². The molecule has 5 heteroatoms. The Bertz CT molecular complexity index is 130. The molecule has 0 bridgehead atoms. The summed E-state index contributed by atoms with van der Waals surface area (Å²) in [6.45, 7) is 0.0841. The number of Topliss-reactive ketones (excluding diaryl/α,β-unsaturated/α-hetero) is 1. The van der Waals surface area contributed by atoms with Gasteiger partial charge < -0.3 is 4.74 Å². The molecule has 11 heavy (non-hydrogen) atoms. The minimum Gasteiger partial charge on any atom is -0.377 e. The molecular formula is C6H9Cl3O2. The van der Waals surface area contributed by atoms with E-state index in [1.165, 1.54) is 7.11 Å². The van der Waals surface area contributed by atoms with E-state index in [4.69, 9.17) is 34.8 Å². The summed E-state index contributed by atoms with van der Waals surface area (Å²) in [6, 6.07) is 0. The van der Waals surface area contributed by atoms with Crippen molar-refractivity contribution in [3.63, 3.8) is 0 Å². The van der Waals surface area contributed by atoms with Crippen LogP contribution in [0.2, 0.25) is 0 Å². The van der Waals surface area contributed by atoms with E-state index in [0.29, 0.717) is 0 Å². The Kier molecular flexibility index (Phi) is 5.44. The van der Waals surface area contributed by atoms with Crippen molar-refractivity contribution < 1.29 is 9.53 Å². The molecule has 2 nitrogen and oxygen atoms in total.